The molecule has 0 saturated heterocycles. The van der Waals surface area contributed by atoms with Crippen molar-refractivity contribution in [3.8, 4) is 22.8 Å². The number of alkyl halides is 3. The number of pyridine rings is 2. The molecule has 1 atom stereocenters. The quantitative estimate of drug-likeness (QED) is 0.304. The Bertz CT molecular complexity index is 1520. The molecule has 12 heteroatoms. The summed E-state index contributed by atoms with van der Waals surface area (Å²) >= 11 is 5.83. The fourth-order valence-electron chi connectivity index (χ4n) is 3.79. The van der Waals surface area contributed by atoms with Crippen LogP contribution in [0.5, 0.6) is 11.5 Å². The van der Waals surface area contributed by atoms with Crippen LogP contribution < -0.4 is 14.8 Å². The molecule has 198 valence electrons. The van der Waals surface area contributed by atoms with Gasteiger partial charge in [0.25, 0.3) is 5.91 Å². The van der Waals surface area contributed by atoms with Gasteiger partial charge < -0.3 is 19.9 Å². The molecule has 1 unspecified atom stereocenters. The van der Waals surface area contributed by atoms with E-state index in [0.29, 0.717) is 16.7 Å². The highest BCUT2D eigenvalue weighted by Crippen LogP contribution is 2.40. The Balaban J connectivity index is 1.70. The van der Waals surface area contributed by atoms with Crippen LogP contribution in [0.1, 0.15) is 16.1 Å². The van der Waals surface area contributed by atoms with Gasteiger partial charge in [0.15, 0.2) is 0 Å². The maximum absolute atomic E-state index is 14.2. The van der Waals surface area contributed by atoms with E-state index in [-0.39, 0.29) is 27.6 Å². The van der Waals surface area contributed by atoms with E-state index < -0.39 is 35.7 Å². The molecule has 0 aliphatic rings. The molecule has 38 heavy (non-hydrogen) atoms. The standard InChI is InChI=1S/C26H20ClF4N3O4/c1-37-20-7-8-22(34-23(20)14-5-6-18(28)17(27)10-14)25(36,26(29,30)31)13-33-24(35)15-11-19-16(4-3-9-32-19)21(12-15)38-2/h3-12,36H,13H2,1-2H3,(H,33,35). The van der Waals surface area contributed by atoms with Gasteiger partial charge >= 0.3 is 6.18 Å². The van der Waals surface area contributed by atoms with E-state index in [4.69, 9.17) is 21.1 Å². The number of aliphatic hydroxyl groups is 1. The second-order valence-corrected chi connectivity index (χ2v) is 8.57. The first-order chi connectivity index (χ1) is 18.0. The number of ether oxygens (including phenoxy) is 2. The van der Waals surface area contributed by atoms with Gasteiger partial charge in [-0.05, 0) is 54.6 Å². The van der Waals surface area contributed by atoms with Crippen molar-refractivity contribution < 1.29 is 36.9 Å². The Hall–Kier alpha value is -3.96. The van der Waals surface area contributed by atoms with Crippen LogP contribution in [0.3, 0.4) is 0 Å². The number of nitrogens with one attached hydrogen (secondary N) is 1. The molecule has 0 aliphatic carbocycles. The van der Waals surface area contributed by atoms with Gasteiger partial charge in [-0.3, -0.25) is 9.78 Å². The van der Waals surface area contributed by atoms with Crippen molar-refractivity contribution in [1.29, 1.82) is 0 Å². The summed E-state index contributed by atoms with van der Waals surface area (Å²) in [5.41, 5.74) is -4.01. The van der Waals surface area contributed by atoms with Crippen LogP contribution in [0, 0.1) is 5.82 Å². The zero-order chi connectivity index (χ0) is 27.7. The number of hydrogen-bond acceptors (Lipinski definition) is 6. The lowest BCUT2D eigenvalue weighted by Gasteiger charge is -2.30. The molecule has 0 bridgehead atoms. The van der Waals surface area contributed by atoms with Crippen LogP contribution in [0.25, 0.3) is 22.2 Å². The molecule has 2 aromatic carbocycles. The monoisotopic (exact) mass is 549 g/mol. The number of carbonyl (C=O) groups is 1. The first kappa shape index (κ1) is 27.1. The average Bonchev–Trinajstić information content (AvgIpc) is 2.91. The van der Waals surface area contributed by atoms with Crippen LogP contribution in [0.2, 0.25) is 5.02 Å². The maximum Gasteiger partial charge on any atom is 0.424 e. The Kier molecular flexibility index (Phi) is 7.43. The lowest BCUT2D eigenvalue weighted by molar-refractivity contribution is -0.265. The minimum Gasteiger partial charge on any atom is -0.496 e. The summed E-state index contributed by atoms with van der Waals surface area (Å²) in [6.07, 6.45) is -3.75. The van der Waals surface area contributed by atoms with Crippen molar-refractivity contribution in [1.82, 2.24) is 15.3 Å². The van der Waals surface area contributed by atoms with Gasteiger partial charge in [0.1, 0.15) is 23.0 Å². The summed E-state index contributed by atoms with van der Waals surface area (Å²) in [5, 5.41) is 13.3. The number of amides is 1. The molecule has 1 amide bonds. The summed E-state index contributed by atoms with van der Waals surface area (Å²) in [6.45, 7) is -1.26. The highest BCUT2D eigenvalue weighted by atomic mass is 35.5. The number of rotatable bonds is 7. The topological polar surface area (TPSA) is 93.6 Å². The molecule has 0 fully saturated rings. The Morgan fingerprint density at radius 3 is 2.45 bits per heavy atom. The zero-order valence-electron chi connectivity index (χ0n) is 19.9. The van der Waals surface area contributed by atoms with Gasteiger partial charge in [0.05, 0.1) is 37.0 Å². The molecule has 4 aromatic rings. The number of nitrogens with zero attached hydrogens (tertiary/aromatic N) is 2. The fourth-order valence-corrected chi connectivity index (χ4v) is 3.97. The van der Waals surface area contributed by atoms with Crippen molar-refractivity contribution in [3.05, 3.63) is 82.9 Å². The van der Waals surface area contributed by atoms with Crippen LogP contribution in [0.4, 0.5) is 17.6 Å². The number of aromatic nitrogens is 2. The summed E-state index contributed by atoms with van der Waals surface area (Å²) in [7, 11) is 2.65. The van der Waals surface area contributed by atoms with Crippen molar-refractivity contribution in [2.24, 2.45) is 0 Å². The number of halogens is 5. The third-order valence-corrected chi connectivity index (χ3v) is 6.12. The number of hydrogen-bond donors (Lipinski definition) is 2. The largest absolute Gasteiger partial charge is 0.496 e. The summed E-state index contributed by atoms with van der Waals surface area (Å²) in [5.74, 6) is -1.29. The second kappa shape index (κ2) is 10.4. The van der Waals surface area contributed by atoms with Crippen LogP contribution >= 0.6 is 11.6 Å². The van der Waals surface area contributed by atoms with Gasteiger partial charge in [-0.15, -0.1) is 0 Å². The molecule has 2 heterocycles. The van der Waals surface area contributed by atoms with Crippen LogP contribution in [-0.2, 0) is 5.60 Å². The average molecular weight is 550 g/mol. The van der Waals surface area contributed by atoms with Crippen molar-refractivity contribution >= 4 is 28.4 Å². The predicted octanol–water partition coefficient (Wildman–Crippen LogP) is 5.29. The third-order valence-electron chi connectivity index (χ3n) is 5.83. The first-order valence-electron chi connectivity index (χ1n) is 11.0. The summed E-state index contributed by atoms with van der Waals surface area (Å²) in [4.78, 5) is 21.0. The lowest BCUT2D eigenvalue weighted by Crippen LogP contribution is -2.51. The molecule has 0 radical (unpaired) electrons. The molecule has 0 saturated carbocycles. The van der Waals surface area contributed by atoms with Gasteiger partial charge in [-0.25, -0.2) is 9.37 Å². The molecule has 0 spiro atoms. The van der Waals surface area contributed by atoms with Gasteiger partial charge in [-0.1, -0.05) is 11.6 Å². The van der Waals surface area contributed by atoms with E-state index in [1.807, 2.05) is 0 Å². The SMILES string of the molecule is COc1ccc(C(O)(CNC(=O)c2cc(OC)c3cccnc3c2)C(F)(F)F)nc1-c1ccc(F)c(Cl)c1. The third kappa shape index (κ3) is 5.07. The zero-order valence-corrected chi connectivity index (χ0v) is 20.7. The van der Waals surface area contributed by atoms with Crippen LogP contribution in [-0.4, -0.2) is 47.9 Å². The fraction of sp³-hybridized carbons (Fsp3) is 0.192. The molecule has 2 aromatic heterocycles. The predicted molar refractivity (Wildman–Crippen MR) is 132 cm³/mol. The minimum absolute atomic E-state index is 0.0260. The van der Waals surface area contributed by atoms with E-state index >= 15 is 0 Å². The Morgan fingerprint density at radius 2 is 1.79 bits per heavy atom. The minimum atomic E-state index is -5.25. The molecule has 0 aliphatic heterocycles. The van der Waals surface area contributed by atoms with E-state index in [1.54, 1.807) is 12.1 Å². The molecule has 7 nitrogen and oxygen atoms in total. The number of carbonyl (C=O) groups excluding carboxylic acids is 1. The smallest absolute Gasteiger partial charge is 0.424 e. The van der Waals surface area contributed by atoms with Gasteiger partial charge in [0.2, 0.25) is 5.60 Å². The first-order valence-corrected chi connectivity index (χ1v) is 11.4. The highest BCUT2D eigenvalue weighted by molar-refractivity contribution is 6.31. The Morgan fingerprint density at radius 1 is 1.05 bits per heavy atom. The van der Waals surface area contributed by atoms with E-state index in [0.717, 1.165) is 12.1 Å². The van der Waals surface area contributed by atoms with E-state index in [1.165, 1.54) is 50.7 Å². The normalized spacial score (nSPS) is 13.2. The second-order valence-electron chi connectivity index (χ2n) is 8.17. The molecular formula is C26H20ClF4N3O4. The molecule has 4 rings (SSSR count). The number of benzene rings is 2. The Labute approximate surface area is 219 Å². The van der Waals surface area contributed by atoms with Gasteiger partial charge in [0, 0.05) is 22.7 Å². The van der Waals surface area contributed by atoms with E-state index in [2.05, 4.69) is 15.3 Å². The maximum atomic E-state index is 14.2. The lowest BCUT2D eigenvalue weighted by atomic mass is 9.96. The summed E-state index contributed by atoms with van der Waals surface area (Å²) < 4.78 is 66.8. The van der Waals surface area contributed by atoms with Crippen molar-refractivity contribution in [2.45, 2.75) is 11.8 Å². The van der Waals surface area contributed by atoms with Crippen molar-refractivity contribution in [3.63, 3.8) is 0 Å². The number of fused-ring (bicyclic) bond motifs is 1. The highest BCUT2D eigenvalue weighted by Gasteiger charge is 2.56. The van der Waals surface area contributed by atoms with E-state index in [9.17, 15) is 27.5 Å². The molecule has 2 N–H and O–H groups in total. The van der Waals surface area contributed by atoms with Gasteiger partial charge in [-0.2, -0.15) is 13.2 Å². The molecular weight excluding hydrogens is 530 g/mol. The summed E-state index contributed by atoms with van der Waals surface area (Å²) in [6, 6.07) is 11.7. The van der Waals surface area contributed by atoms with Crippen LogP contribution in [0.15, 0.2) is 60.8 Å². The number of methoxy groups -OCH3 is 2. The van der Waals surface area contributed by atoms with Crippen molar-refractivity contribution in [2.75, 3.05) is 20.8 Å².